The summed E-state index contributed by atoms with van der Waals surface area (Å²) in [7, 11) is -0.558. The number of amides is 3. The highest BCUT2D eigenvalue weighted by Gasteiger charge is 2.54. The molecule has 3 amide bonds. The Morgan fingerprint density at radius 1 is 1.05 bits per heavy atom. The molecule has 2 aromatic carbocycles. The van der Waals surface area contributed by atoms with Crippen LogP contribution in [0.3, 0.4) is 0 Å². The minimum absolute atomic E-state index is 0.0253. The highest BCUT2D eigenvalue weighted by molar-refractivity contribution is 7.90. The van der Waals surface area contributed by atoms with Gasteiger partial charge < -0.3 is 50.4 Å². The Bertz CT molecular complexity index is 2290. The van der Waals surface area contributed by atoms with E-state index in [1.165, 1.54) is 11.9 Å². The maximum atomic E-state index is 13.6. The summed E-state index contributed by atoms with van der Waals surface area (Å²) in [5, 5.41) is 8.21. The number of ketones is 1. The van der Waals surface area contributed by atoms with Crippen LogP contribution in [0.25, 0.3) is 0 Å². The van der Waals surface area contributed by atoms with Gasteiger partial charge in [0.1, 0.15) is 23.0 Å². The highest BCUT2D eigenvalue weighted by Crippen LogP contribution is 2.56. The van der Waals surface area contributed by atoms with Gasteiger partial charge in [-0.15, -0.1) is 4.40 Å². The van der Waals surface area contributed by atoms with Crippen LogP contribution in [0.4, 0.5) is 9.59 Å². The van der Waals surface area contributed by atoms with Crippen molar-refractivity contribution in [2.45, 2.75) is 141 Å². The van der Waals surface area contributed by atoms with E-state index in [2.05, 4.69) is 39.2 Å². The van der Waals surface area contributed by atoms with Gasteiger partial charge in [0.05, 0.1) is 4.90 Å². The van der Waals surface area contributed by atoms with E-state index in [0.717, 1.165) is 41.6 Å². The van der Waals surface area contributed by atoms with Crippen molar-refractivity contribution in [2.75, 3.05) is 40.3 Å². The summed E-state index contributed by atoms with van der Waals surface area (Å²) in [6, 6.07) is 2.93. The second kappa shape index (κ2) is 18.2. The van der Waals surface area contributed by atoms with E-state index in [1.807, 2.05) is 26.8 Å². The smallest absolute Gasteiger partial charge is 0.415 e. The molecule has 2 unspecified atom stereocenters. The molecule has 0 bridgehead atoms. The lowest BCUT2D eigenvalue weighted by molar-refractivity contribution is -0.130. The predicted molar refractivity (Wildman–Crippen MR) is 237 cm³/mol. The number of Topliss-reactive ketones (excluding diaryl/α,β-unsaturated/α-hetero) is 1. The van der Waals surface area contributed by atoms with Crippen molar-refractivity contribution in [2.24, 2.45) is 16.0 Å². The van der Waals surface area contributed by atoms with Crippen molar-refractivity contribution in [1.82, 2.24) is 25.8 Å². The Balaban J connectivity index is 1.05. The van der Waals surface area contributed by atoms with Gasteiger partial charge in [0.2, 0.25) is 11.9 Å². The largest absolute Gasteiger partial charge is 0.487 e. The molecule has 0 aromatic heterocycles. The van der Waals surface area contributed by atoms with Gasteiger partial charge in [-0.3, -0.25) is 9.59 Å². The van der Waals surface area contributed by atoms with Crippen LogP contribution in [0.1, 0.15) is 107 Å². The molecule has 17 nitrogen and oxygen atoms in total. The number of guanidine groups is 1. The number of carbonyl (C=O) groups excluding carboxylic acids is 4. The van der Waals surface area contributed by atoms with Crippen LogP contribution in [0, 0.1) is 26.7 Å². The molecule has 0 spiro atoms. The van der Waals surface area contributed by atoms with E-state index in [-0.39, 0.29) is 72.7 Å². The molecule has 346 valence electrons. The molecule has 18 heteroatoms. The fraction of sp³-hybridized carbons (Fsp3) is 0.622. The molecule has 1 saturated carbocycles. The Labute approximate surface area is 371 Å². The second-order valence-electron chi connectivity index (χ2n) is 18.9. The summed E-state index contributed by atoms with van der Waals surface area (Å²) in [5.41, 5.74) is 9.54. The molecule has 2 heterocycles. The fourth-order valence-corrected chi connectivity index (χ4v) is 10.9. The van der Waals surface area contributed by atoms with E-state index in [9.17, 15) is 27.6 Å². The number of rotatable bonds is 14. The van der Waals surface area contributed by atoms with Crippen molar-refractivity contribution in [1.29, 1.82) is 0 Å². The van der Waals surface area contributed by atoms with Gasteiger partial charge >= 0.3 is 12.2 Å². The van der Waals surface area contributed by atoms with E-state index >= 15 is 0 Å². The minimum Gasteiger partial charge on any atom is -0.487 e. The van der Waals surface area contributed by atoms with E-state index < -0.39 is 51.5 Å². The minimum atomic E-state index is -4.21. The summed E-state index contributed by atoms with van der Waals surface area (Å²) in [5.74, 6) is 0.798. The number of hydrogen-bond acceptors (Lipinski definition) is 11. The first kappa shape index (κ1) is 47.4. The van der Waals surface area contributed by atoms with Crippen LogP contribution in [-0.4, -0.2) is 118 Å². The lowest BCUT2D eigenvalue weighted by Gasteiger charge is -2.44. The molecule has 0 saturated heterocycles. The van der Waals surface area contributed by atoms with Crippen molar-refractivity contribution >= 4 is 39.9 Å². The third kappa shape index (κ3) is 10.2. The van der Waals surface area contributed by atoms with Gasteiger partial charge in [0, 0.05) is 62.6 Å². The number of hydrogen-bond donors (Lipinski definition) is 4. The second-order valence-corrected chi connectivity index (χ2v) is 20.4. The predicted octanol–water partition coefficient (Wildman–Crippen LogP) is 4.54. The summed E-state index contributed by atoms with van der Waals surface area (Å²) >= 11 is 0. The van der Waals surface area contributed by atoms with Gasteiger partial charge in [-0.25, -0.2) is 9.59 Å². The van der Waals surface area contributed by atoms with Gasteiger partial charge in [0.25, 0.3) is 10.0 Å². The average Bonchev–Trinajstić information content (AvgIpc) is 3.76. The lowest BCUT2D eigenvalue weighted by Crippen LogP contribution is -2.50. The fourth-order valence-electron chi connectivity index (χ4n) is 9.39. The summed E-state index contributed by atoms with van der Waals surface area (Å²) < 4.78 is 54.7. The van der Waals surface area contributed by atoms with Crippen LogP contribution < -0.4 is 35.9 Å². The highest BCUT2D eigenvalue weighted by atomic mass is 32.2. The van der Waals surface area contributed by atoms with Crippen molar-refractivity contribution in [3.05, 3.63) is 45.5 Å². The molecular formula is C45H65N7O10S. The van der Waals surface area contributed by atoms with E-state index in [4.69, 9.17) is 24.7 Å². The zero-order valence-electron chi connectivity index (χ0n) is 38.5. The van der Waals surface area contributed by atoms with Crippen LogP contribution >= 0.6 is 0 Å². The van der Waals surface area contributed by atoms with E-state index in [1.54, 1.807) is 40.7 Å². The maximum Gasteiger partial charge on any atom is 0.415 e. The molecule has 2 aliphatic carbocycles. The van der Waals surface area contributed by atoms with Gasteiger partial charge in [-0.05, 0) is 129 Å². The molecule has 4 aliphatic rings. The SMILES string of the molecule is CCN(C)[C@@H]1Cc2ccc(OC(=O)N(C)CCNC(=O)[C@H](CCCN/C(N)=N/S(=O)(=O)c3c(C)c(C)c4c(c3C)CC(C)(C)O4)NC(=O)OC(C)(C)C)c3c2C2C1CCC(=O)[C@@H]2O3. The number of alkyl carbamates (subject to hydrolysis) is 1. The number of sulfonamides is 1. The standard InChI is InChI=1S/C45H65N7O10S/c1-12-51(10)31-22-27-15-18-33(38-34(27)35-28(31)16-17-32(53)37(35)60-38)59-43(56)52(11)21-20-47-40(54)30(49-42(55)62-44(5,6)7)14-13-19-48-41(46)50-63(57,58)39-25(3)24(2)36-29(26(39)4)23-45(8,9)61-36/h15,18,28,30-31,35,37H,12-14,16-17,19-23H2,1-11H3,(H,47,54)(H,49,55)(H3,46,48,50)/t28?,30-,31+,35?,37-/m0/s1. The Kier molecular flexibility index (Phi) is 13.7. The number of fused-ring (bicyclic) bond motifs is 1. The third-order valence-corrected chi connectivity index (χ3v) is 14.2. The average molecular weight is 896 g/mol. The molecule has 1 fully saturated rings. The normalized spacial score (nSPS) is 21.4. The first-order chi connectivity index (χ1) is 29.4. The first-order valence-corrected chi connectivity index (χ1v) is 23.3. The molecule has 2 aliphatic heterocycles. The van der Waals surface area contributed by atoms with Gasteiger partial charge in [-0.1, -0.05) is 13.0 Å². The van der Waals surface area contributed by atoms with Crippen LogP contribution in [0.5, 0.6) is 17.2 Å². The van der Waals surface area contributed by atoms with Crippen molar-refractivity contribution < 1.29 is 46.5 Å². The zero-order valence-corrected chi connectivity index (χ0v) is 39.3. The molecule has 6 rings (SSSR count). The molecule has 5 N–H and O–H groups in total. The van der Waals surface area contributed by atoms with Crippen LogP contribution in [0.2, 0.25) is 0 Å². The van der Waals surface area contributed by atoms with Crippen molar-refractivity contribution in [3.63, 3.8) is 0 Å². The number of carbonyl (C=O) groups is 4. The number of nitrogens with two attached hydrogens (primary N) is 1. The lowest BCUT2D eigenvalue weighted by atomic mass is 9.65. The molecule has 63 heavy (non-hydrogen) atoms. The Morgan fingerprint density at radius 3 is 2.44 bits per heavy atom. The number of nitrogens with one attached hydrogen (secondary N) is 3. The number of ether oxygens (including phenoxy) is 4. The van der Waals surface area contributed by atoms with Gasteiger partial charge in [0.15, 0.2) is 23.4 Å². The van der Waals surface area contributed by atoms with Gasteiger partial charge in [-0.2, -0.15) is 8.42 Å². The first-order valence-electron chi connectivity index (χ1n) is 21.8. The Hall–Kier alpha value is -5.10. The maximum absolute atomic E-state index is 13.6. The summed E-state index contributed by atoms with van der Waals surface area (Å²) in [4.78, 5) is 56.4. The quantitative estimate of drug-likeness (QED) is 0.116. The Morgan fingerprint density at radius 2 is 1.76 bits per heavy atom. The topological polar surface area (TPSA) is 220 Å². The molecule has 5 atom stereocenters. The molecular weight excluding hydrogens is 831 g/mol. The van der Waals surface area contributed by atoms with E-state index in [0.29, 0.717) is 35.5 Å². The summed E-state index contributed by atoms with van der Waals surface area (Å²) in [6.07, 6.45) is 0.955. The zero-order chi connectivity index (χ0) is 46.3. The summed E-state index contributed by atoms with van der Waals surface area (Å²) in [6.45, 7) is 17.6. The number of benzene rings is 2. The number of nitrogens with zero attached hydrogens (tertiary/aromatic N) is 3. The van der Waals surface area contributed by atoms with Crippen LogP contribution in [-0.2, 0) is 37.2 Å². The monoisotopic (exact) mass is 895 g/mol. The van der Waals surface area contributed by atoms with Crippen molar-refractivity contribution in [3.8, 4) is 17.2 Å². The number of likely N-dealkylation sites (N-methyl/N-ethyl adjacent to an activating group) is 2. The van der Waals surface area contributed by atoms with Crippen LogP contribution in [0.15, 0.2) is 21.4 Å². The molecule has 0 radical (unpaired) electrons. The molecule has 2 aromatic rings. The third-order valence-electron chi connectivity index (χ3n) is 12.7.